The molecule has 0 bridgehead atoms. The highest BCUT2D eigenvalue weighted by Crippen LogP contribution is 2.29. The topological polar surface area (TPSA) is 9.23 Å². The molecule has 1 nitrogen and oxygen atoms in total. The molecule has 1 rings (SSSR count). The predicted molar refractivity (Wildman–Crippen MR) is 56.3 cm³/mol. The Kier molecular flexibility index (Phi) is 3.93. The Morgan fingerprint density at radius 2 is 2.14 bits per heavy atom. The van der Waals surface area contributed by atoms with Crippen LogP contribution in [0.2, 0.25) is 0 Å². The third-order valence-corrected chi connectivity index (χ3v) is 2.45. The molecule has 0 saturated carbocycles. The standard InChI is InChI=1S/C12H17FO/c1-4-5-9(2)11-7-6-10(13)8-12(11)14-3/h6-9H,4-5H2,1-3H3. The molecule has 1 aromatic rings. The fourth-order valence-electron chi connectivity index (χ4n) is 1.68. The molecule has 0 aliphatic carbocycles. The average Bonchev–Trinajstić information content (AvgIpc) is 2.17. The first-order valence-electron chi connectivity index (χ1n) is 5.02. The van der Waals surface area contributed by atoms with Gasteiger partial charge in [0.15, 0.2) is 0 Å². The normalized spacial score (nSPS) is 12.6. The van der Waals surface area contributed by atoms with E-state index in [2.05, 4.69) is 13.8 Å². The fraction of sp³-hybridized carbons (Fsp3) is 0.500. The minimum Gasteiger partial charge on any atom is -0.496 e. The molecule has 0 saturated heterocycles. The molecular weight excluding hydrogens is 179 g/mol. The van der Waals surface area contributed by atoms with E-state index < -0.39 is 0 Å². The van der Waals surface area contributed by atoms with Crippen LogP contribution in [0.3, 0.4) is 0 Å². The molecule has 0 N–H and O–H groups in total. The van der Waals surface area contributed by atoms with Gasteiger partial charge in [-0.3, -0.25) is 0 Å². The molecule has 0 heterocycles. The number of hydrogen-bond acceptors (Lipinski definition) is 1. The van der Waals surface area contributed by atoms with Crippen molar-refractivity contribution in [3.05, 3.63) is 29.6 Å². The van der Waals surface area contributed by atoms with E-state index in [1.165, 1.54) is 12.1 Å². The average molecular weight is 196 g/mol. The third-order valence-electron chi connectivity index (χ3n) is 2.45. The molecule has 0 fully saturated rings. The zero-order valence-corrected chi connectivity index (χ0v) is 9.01. The lowest BCUT2D eigenvalue weighted by molar-refractivity contribution is 0.401. The maximum atomic E-state index is 12.9. The molecule has 0 radical (unpaired) electrons. The van der Waals surface area contributed by atoms with Crippen LogP contribution in [0.25, 0.3) is 0 Å². The highest BCUT2D eigenvalue weighted by Gasteiger charge is 2.10. The number of benzene rings is 1. The largest absolute Gasteiger partial charge is 0.496 e. The first kappa shape index (κ1) is 11.0. The molecule has 2 heteroatoms. The zero-order valence-electron chi connectivity index (χ0n) is 9.01. The van der Waals surface area contributed by atoms with Gasteiger partial charge in [-0.2, -0.15) is 0 Å². The van der Waals surface area contributed by atoms with E-state index in [9.17, 15) is 4.39 Å². The van der Waals surface area contributed by atoms with E-state index in [1.807, 2.05) is 6.07 Å². The number of ether oxygens (including phenoxy) is 1. The van der Waals surface area contributed by atoms with Crippen LogP contribution in [0.15, 0.2) is 18.2 Å². The molecule has 0 aliphatic heterocycles. The van der Waals surface area contributed by atoms with Gasteiger partial charge >= 0.3 is 0 Å². The summed E-state index contributed by atoms with van der Waals surface area (Å²) in [4.78, 5) is 0. The Balaban J connectivity index is 2.95. The van der Waals surface area contributed by atoms with Crippen molar-refractivity contribution in [2.45, 2.75) is 32.6 Å². The second-order valence-corrected chi connectivity index (χ2v) is 3.58. The van der Waals surface area contributed by atoms with Crippen LogP contribution >= 0.6 is 0 Å². The van der Waals surface area contributed by atoms with Gasteiger partial charge in [0, 0.05) is 6.07 Å². The number of hydrogen-bond donors (Lipinski definition) is 0. The quantitative estimate of drug-likeness (QED) is 0.712. The van der Waals surface area contributed by atoms with Crippen molar-refractivity contribution in [2.75, 3.05) is 7.11 Å². The van der Waals surface area contributed by atoms with Gasteiger partial charge in [-0.25, -0.2) is 4.39 Å². The predicted octanol–water partition coefficient (Wildman–Crippen LogP) is 3.74. The molecular formula is C12H17FO. The van der Waals surface area contributed by atoms with E-state index >= 15 is 0 Å². The van der Waals surface area contributed by atoms with Gasteiger partial charge in [0.2, 0.25) is 0 Å². The van der Waals surface area contributed by atoms with Gasteiger partial charge in [0.05, 0.1) is 7.11 Å². The second kappa shape index (κ2) is 4.99. The summed E-state index contributed by atoms with van der Waals surface area (Å²) >= 11 is 0. The number of rotatable bonds is 4. The molecule has 14 heavy (non-hydrogen) atoms. The summed E-state index contributed by atoms with van der Waals surface area (Å²) in [6.07, 6.45) is 2.23. The van der Waals surface area contributed by atoms with Gasteiger partial charge in [0.1, 0.15) is 11.6 Å². The summed E-state index contributed by atoms with van der Waals surface area (Å²) in [5.74, 6) is 0.843. The fourth-order valence-corrected chi connectivity index (χ4v) is 1.68. The molecule has 0 aromatic heterocycles. The molecule has 0 spiro atoms. The van der Waals surface area contributed by atoms with Gasteiger partial charge in [0.25, 0.3) is 0 Å². The minimum absolute atomic E-state index is 0.241. The lowest BCUT2D eigenvalue weighted by Crippen LogP contribution is -1.98. The summed E-state index contributed by atoms with van der Waals surface area (Å²) in [7, 11) is 1.58. The summed E-state index contributed by atoms with van der Waals surface area (Å²) < 4.78 is 18.1. The first-order valence-corrected chi connectivity index (χ1v) is 5.02. The second-order valence-electron chi connectivity index (χ2n) is 3.58. The van der Waals surface area contributed by atoms with E-state index in [1.54, 1.807) is 7.11 Å². The molecule has 1 aromatic carbocycles. The van der Waals surface area contributed by atoms with Crippen molar-refractivity contribution < 1.29 is 9.13 Å². The number of halogens is 1. The zero-order chi connectivity index (χ0) is 10.6. The first-order chi connectivity index (χ1) is 6.69. The van der Waals surface area contributed by atoms with E-state index in [0.29, 0.717) is 11.7 Å². The van der Waals surface area contributed by atoms with E-state index in [0.717, 1.165) is 18.4 Å². The molecule has 1 atom stereocenters. The summed E-state index contributed by atoms with van der Waals surface area (Å²) in [5, 5.41) is 0. The Labute approximate surface area is 84.9 Å². The molecule has 0 amide bonds. The van der Waals surface area contributed by atoms with Gasteiger partial charge in [-0.1, -0.05) is 26.3 Å². The monoisotopic (exact) mass is 196 g/mol. The smallest absolute Gasteiger partial charge is 0.126 e. The highest BCUT2D eigenvalue weighted by molar-refractivity contribution is 5.36. The maximum absolute atomic E-state index is 12.9. The lowest BCUT2D eigenvalue weighted by atomic mass is 9.96. The minimum atomic E-state index is -0.241. The van der Waals surface area contributed by atoms with Gasteiger partial charge in [-0.05, 0) is 24.0 Å². The summed E-state index contributed by atoms with van der Waals surface area (Å²) in [6, 6.07) is 4.75. The molecule has 1 unspecified atom stereocenters. The van der Waals surface area contributed by atoms with Crippen molar-refractivity contribution in [3.8, 4) is 5.75 Å². The van der Waals surface area contributed by atoms with Crippen molar-refractivity contribution in [3.63, 3.8) is 0 Å². The van der Waals surface area contributed by atoms with Crippen LogP contribution < -0.4 is 4.74 Å². The third kappa shape index (κ3) is 2.47. The molecule has 0 aliphatic rings. The number of methoxy groups -OCH3 is 1. The van der Waals surface area contributed by atoms with Crippen molar-refractivity contribution >= 4 is 0 Å². The van der Waals surface area contributed by atoms with Crippen LogP contribution in [0.5, 0.6) is 5.75 Å². The SMILES string of the molecule is CCCC(C)c1ccc(F)cc1OC. The van der Waals surface area contributed by atoms with Crippen molar-refractivity contribution in [2.24, 2.45) is 0 Å². The Hall–Kier alpha value is -1.05. The van der Waals surface area contributed by atoms with E-state index in [4.69, 9.17) is 4.74 Å². The maximum Gasteiger partial charge on any atom is 0.126 e. The lowest BCUT2D eigenvalue weighted by Gasteiger charge is -2.14. The van der Waals surface area contributed by atoms with Crippen molar-refractivity contribution in [1.82, 2.24) is 0 Å². The Morgan fingerprint density at radius 1 is 1.43 bits per heavy atom. The van der Waals surface area contributed by atoms with Crippen LogP contribution in [0, 0.1) is 5.82 Å². The van der Waals surface area contributed by atoms with Gasteiger partial charge < -0.3 is 4.74 Å². The Bertz CT molecular complexity index is 296. The van der Waals surface area contributed by atoms with Crippen LogP contribution in [-0.2, 0) is 0 Å². The van der Waals surface area contributed by atoms with Crippen molar-refractivity contribution in [1.29, 1.82) is 0 Å². The van der Waals surface area contributed by atoms with Crippen LogP contribution in [0.1, 0.15) is 38.2 Å². The summed E-state index contributed by atoms with van der Waals surface area (Å²) in [6.45, 7) is 4.28. The highest BCUT2D eigenvalue weighted by atomic mass is 19.1. The van der Waals surface area contributed by atoms with E-state index in [-0.39, 0.29) is 5.82 Å². The summed E-state index contributed by atoms with van der Waals surface area (Å²) in [5.41, 5.74) is 1.09. The molecule has 78 valence electrons. The van der Waals surface area contributed by atoms with Gasteiger partial charge in [-0.15, -0.1) is 0 Å². The van der Waals surface area contributed by atoms with Crippen LogP contribution in [0.4, 0.5) is 4.39 Å². The Morgan fingerprint density at radius 3 is 2.71 bits per heavy atom. The van der Waals surface area contributed by atoms with Crippen LogP contribution in [-0.4, -0.2) is 7.11 Å².